The van der Waals surface area contributed by atoms with E-state index < -0.39 is 13.7 Å². The molecule has 1 aliphatic rings. The van der Waals surface area contributed by atoms with Crippen molar-refractivity contribution in [2.75, 3.05) is 32.7 Å². The second kappa shape index (κ2) is 17.4. The van der Waals surface area contributed by atoms with Gasteiger partial charge in [0.1, 0.15) is 11.2 Å². The van der Waals surface area contributed by atoms with E-state index in [1.165, 1.54) is 15.8 Å². The number of phenolic OH excluding ortho intramolecular Hbond substituents is 1. The summed E-state index contributed by atoms with van der Waals surface area (Å²) in [6, 6.07) is 31.6. The van der Waals surface area contributed by atoms with E-state index in [2.05, 4.69) is 85.5 Å². The van der Waals surface area contributed by atoms with Crippen LogP contribution in [-0.4, -0.2) is 61.9 Å². The number of hydrogen-bond donors (Lipinski definition) is 4. The lowest BCUT2D eigenvalue weighted by molar-refractivity contribution is -0.123. The zero-order valence-electron chi connectivity index (χ0n) is 33.1. The Balaban J connectivity index is 1.01. The number of aryl methyl sites for hydroxylation is 2. The van der Waals surface area contributed by atoms with Crippen molar-refractivity contribution in [3.05, 3.63) is 134 Å². The lowest BCUT2D eigenvalue weighted by Crippen LogP contribution is -2.49. The van der Waals surface area contributed by atoms with Crippen molar-refractivity contribution in [1.29, 1.82) is 0 Å². The van der Waals surface area contributed by atoms with Gasteiger partial charge in [0.05, 0.1) is 11.6 Å². The predicted octanol–water partition coefficient (Wildman–Crippen LogP) is 8.31. The van der Waals surface area contributed by atoms with Crippen LogP contribution in [0.5, 0.6) is 5.75 Å². The third kappa shape index (κ3) is 9.16. The highest BCUT2D eigenvalue weighted by Gasteiger charge is 2.49. The van der Waals surface area contributed by atoms with Gasteiger partial charge in [-0.3, -0.25) is 9.59 Å². The number of nitrogens with two attached hydrogens (primary N) is 1. The second-order valence-electron chi connectivity index (χ2n) is 16.6. The zero-order valence-corrected chi connectivity index (χ0v) is 34.9. The van der Waals surface area contributed by atoms with Gasteiger partial charge in [-0.15, -0.1) is 11.3 Å². The van der Waals surface area contributed by atoms with E-state index in [0.717, 1.165) is 80.4 Å². The summed E-state index contributed by atoms with van der Waals surface area (Å²) in [5.41, 5.74) is 8.58. The van der Waals surface area contributed by atoms with Gasteiger partial charge in [-0.2, -0.15) is 0 Å². The number of benzene rings is 3. The number of rotatable bonds is 17. The maximum atomic E-state index is 13.4. The van der Waals surface area contributed by atoms with E-state index in [1.807, 2.05) is 53.8 Å². The Kier molecular flexibility index (Phi) is 12.8. The average Bonchev–Trinajstić information content (AvgIpc) is 3.82. The van der Waals surface area contributed by atoms with Crippen LogP contribution in [0, 0.1) is 5.92 Å². The van der Waals surface area contributed by atoms with E-state index in [1.54, 1.807) is 12.1 Å². The molecular formula is C45H58N4O4SSi. The number of pyridine rings is 1. The average molecular weight is 779 g/mol. The predicted molar refractivity (Wildman–Crippen MR) is 228 cm³/mol. The number of carbonyl (C=O) groups is 1. The van der Waals surface area contributed by atoms with Gasteiger partial charge in [0.2, 0.25) is 11.5 Å². The molecule has 1 amide bonds. The first-order chi connectivity index (χ1) is 26.3. The molecule has 0 unspecified atom stereocenters. The number of primary amides is 1. The van der Waals surface area contributed by atoms with Crippen molar-refractivity contribution in [1.82, 2.24) is 15.2 Å². The van der Waals surface area contributed by atoms with E-state index in [9.17, 15) is 14.7 Å². The maximum absolute atomic E-state index is 13.4. The summed E-state index contributed by atoms with van der Waals surface area (Å²) in [4.78, 5) is 33.6. The smallest absolute Gasteiger partial charge is 0.248 e. The minimum absolute atomic E-state index is 0.0294. The fourth-order valence-electron chi connectivity index (χ4n) is 7.99. The molecule has 3 heterocycles. The molecule has 0 spiro atoms. The zero-order chi connectivity index (χ0) is 39.2. The number of aromatic nitrogens is 1. The third-order valence-corrected chi connectivity index (χ3v) is 17.6. The fraction of sp³-hybridized carbons (Fsp3) is 0.422. The van der Waals surface area contributed by atoms with Crippen LogP contribution in [-0.2, 0) is 27.5 Å². The Morgan fingerprint density at radius 3 is 2.20 bits per heavy atom. The Bertz CT molecular complexity index is 2050. The summed E-state index contributed by atoms with van der Waals surface area (Å²) in [5.74, 6) is -0.108. The first-order valence-electron chi connectivity index (χ1n) is 19.7. The largest absolute Gasteiger partial charge is 0.506 e. The number of hydrogen-bond acceptors (Lipinski definition) is 7. The van der Waals surface area contributed by atoms with Gasteiger partial charge in [0.15, 0.2) is 8.32 Å². The van der Waals surface area contributed by atoms with Crippen molar-refractivity contribution >= 4 is 36.5 Å². The SMILES string of the molecule is CC(C)(C)[Si](C)(C)O[C@@H](CNCCCc1ccc(CCCN2CC[C@@H](C(C(N)=O)(c3ccccc3)c3ccccc3)C2)s1)c1ccc(O)c2[nH]c(=O)ccc12. The van der Waals surface area contributed by atoms with Crippen LogP contribution in [0.4, 0.5) is 0 Å². The molecule has 2 aromatic heterocycles. The summed E-state index contributed by atoms with van der Waals surface area (Å²) >= 11 is 1.92. The minimum Gasteiger partial charge on any atom is -0.506 e. The van der Waals surface area contributed by atoms with Gasteiger partial charge in [0, 0.05) is 34.3 Å². The van der Waals surface area contributed by atoms with E-state index in [4.69, 9.17) is 10.2 Å². The molecule has 0 saturated carbocycles. The minimum atomic E-state index is -2.14. The van der Waals surface area contributed by atoms with Gasteiger partial charge >= 0.3 is 0 Å². The number of fused-ring (bicyclic) bond motifs is 1. The van der Waals surface area contributed by atoms with Gasteiger partial charge in [-0.25, -0.2) is 0 Å². The van der Waals surface area contributed by atoms with Crippen molar-refractivity contribution in [3.8, 4) is 5.75 Å². The molecule has 6 rings (SSSR count). The molecule has 2 atom stereocenters. The van der Waals surface area contributed by atoms with Crippen LogP contribution in [0.25, 0.3) is 10.9 Å². The van der Waals surface area contributed by atoms with Crippen molar-refractivity contribution in [2.24, 2.45) is 11.7 Å². The highest BCUT2D eigenvalue weighted by atomic mass is 32.1. The molecule has 1 fully saturated rings. The monoisotopic (exact) mass is 778 g/mol. The molecule has 0 radical (unpaired) electrons. The van der Waals surface area contributed by atoms with Crippen LogP contribution < -0.4 is 16.6 Å². The Morgan fingerprint density at radius 2 is 1.58 bits per heavy atom. The van der Waals surface area contributed by atoms with Crippen LogP contribution in [0.3, 0.4) is 0 Å². The summed E-state index contributed by atoms with van der Waals surface area (Å²) in [6.45, 7) is 15.5. The number of thiophene rings is 1. The summed E-state index contributed by atoms with van der Waals surface area (Å²) < 4.78 is 6.96. The van der Waals surface area contributed by atoms with Crippen molar-refractivity contribution in [2.45, 2.75) is 82.5 Å². The molecule has 0 aliphatic carbocycles. The van der Waals surface area contributed by atoms with Gasteiger partial charge in [-0.1, -0.05) is 87.5 Å². The molecule has 5 aromatic rings. The van der Waals surface area contributed by atoms with E-state index >= 15 is 0 Å². The van der Waals surface area contributed by atoms with E-state index in [0.29, 0.717) is 12.1 Å². The molecule has 55 heavy (non-hydrogen) atoms. The van der Waals surface area contributed by atoms with Crippen LogP contribution >= 0.6 is 11.3 Å². The number of nitrogens with zero attached hydrogens (tertiary/aromatic N) is 1. The van der Waals surface area contributed by atoms with Crippen LogP contribution in [0.2, 0.25) is 18.1 Å². The molecule has 8 nitrogen and oxygen atoms in total. The second-order valence-corrected chi connectivity index (χ2v) is 22.6. The van der Waals surface area contributed by atoms with Crippen LogP contribution in [0.15, 0.2) is 102 Å². The quantitative estimate of drug-likeness (QED) is 0.0557. The first kappa shape index (κ1) is 40.6. The summed E-state index contributed by atoms with van der Waals surface area (Å²) in [7, 11) is -2.14. The molecular weight excluding hydrogens is 721 g/mol. The molecule has 292 valence electrons. The fourth-order valence-corrected chi connectivity index (χ4v) is 10.4. The molecule has 10 heteroatoms. The Hall–Kier alpha value is -4.06. The number of carbonyl (C=O) groups excluding carboxylic acids is 1. The maximum Gasteiger partial charge on any atom is 0.248 e. The molecule has 1 aliphatic heterocycles. The first-order valence-corrected chi connectivity index (χ1v) is 23.5. The number of nitrogens with one attached hydrogen (secondary N) is 2. The molecule has 0 bridgehead atoms. The number of phenols is 1. The highest BCUT2D eigenvalue weighted by molar-refractivity contribution is 7.12. The summed E-state index contributed by atoms with van der Waals surface area (Å²) in [6.07, 6.45) is 4.84. The number of aromatic amines is 1. The molecule has 3 aromatic carbocycles. The highest BCUT2D eigenvalue weighted by Crippen LogP contribution is 2.44. The lowest BCUT2D eigenvalue weighted by Gasteiger charge is -2.39. The molecule has 5 N–H and O–H groups in total. The lowest BCUT2D eigenvalue weighted by atomic mass is 9.64. The number of H-pyrrole nitrogens is 1. The third-order valence-electron chi connectivity index (χ3n) is 11.9. The van der Waals surface area contributed by atoms with Gasteiger partial charge in [-0.05, 0) is 117 Å². The van der Waals surface area contributed by atoms with Crippen molar-refractivity contribution < 1.29 is 14.3 Å². The number of aromatic hydroxyl groups is 1. The Labute approximate surface area is 331 Å². The normalized spacial score (nSPS) is 16.1. The van der Waals surface area contributed by atoms with Crippen LogP contribution in [0.1, 0.15) is 72.6 Å². The number of amides is 1. The molecule has 1 saturated heterocycles. The topological polar surface area (TPSA) is 121 Å². The van der Waals surface area contributed by atoms with Gasteiger partial charge < -0.3 is 30.5 Å². The van der Waals surface area contributed by atoms with Gasteiger partial charge in [0.25, 0.3) is 0 Å². The number of likely N-dealkylation sites (tertiary alicyclic amines) is 1. The van der Waals surface area contributed by atoms with E-state index in [-0.39, 0.29) is 34.3 Å². The standard InChI is InChI=1S/C45H58N4O4SSi/c1-44(2,3)55(4,5)53-40(37-22-24-39(50)42-38(37)23-25-41(51)48-42)30-47-27-12-18-35-20-21-36(54-35)19-13-28-49-29-26-34(31-49)45(43(46)52,32-14-8-6-9-15-32)33-16-10-7-11-17-33/h6-11,14-17,20-25,34,40,47,50H,12-13,18-19,26-31H2,1-5H3,(H2,46,52)(H,48,51)/t34-,40+/m1/s1. The summed E-state index contributed by atoms with van der Waals surface area (Å²) in [5, 5.41) is 15.0. The Morgan fingerprint density at radius 1 is 0.945 bits per heavy atom. The van der Waals surface area contributed by atoms with Crippen molar-refractivity contribution in [3.63, 3.8) is 0 Å².